The molecular weight excluding hydrogens is 335 g/mol. The molecule has 5 heteroatoms. The van der Waals surface area contributed by atoms with Crippen LogP contribution in [0.4, 0.5) is 4.39 Å². The van der Waals surface area contributed by atoms with Gasteiger partial charge in [0.1, 0.15) is 17.3 Å². The Morgan fingerprint density at radius 1 is 1.29 bits per heavy atom. The van der Waals surface area contributed by atoms with Gasteiger partial charge in [-0.3, -0.25) is 4.98 Å². The highest BCUT2D eigenvalue weighted by Crippen LogP contribution is 2.25. The Kier molecular flexibility index (Phi) is 5.70. The first-order valence-corrected chi connectivity index (χ1v) is 7.71. The Bertz CT molecular complexity index is 589. The summed E-state index contributed by atoms with van der Waals surface area (Å²) in [5.41, 5.74) is 0.956. The molecule has 0 saturated carbocycles. The third kappa shape index (κ3) is 4.51. The molecule has 1 aromatic carbocycles. The molecule has 1 heterocycles. The van der Waals surface area contributed by atoms with Gasteiger partial charge in [0.15, 0.2) is 0 Å². The first-order valence-electron chi connectivity index (χ1n) is 6.92. The zero-order valence-corrected chi connectivity index (χ0v) is 13.7. The van der Waals surface area contributed by atoms with Crippen LogP contribution < -0.4 is 10.1 Å². The van der Waals surface area contributed by atoms with E-state index in [2.05, 4.69) is 40.1 Å². The monoisotopic (exact) mass is 352 g/mol. The van der Waals surface area contributed by atoms with Crippen molar-refractivity contribution in [1.29, 1.82) is 0 Å². The van der Waals surface area contributed by atoms with Crippen molar-refractivity contribution in [2.75, 3.05) is 6.54 Å². The average Bonchev–Trinajstić information content (AvgIpc) is 2.49. The van der Waals surface area contributed by atoms with Crippen LogP contribution in [0.5, 0.6) is 11.5 Å². The molecular formula is C16H18BrFN2O. The number of halogens is 2. The summed E-state index contributed by atoms with van der Waals surface area (Å²) in [7, 11) is 0. The van der Waals surface area contributed by atoms with Crippen LogP contribution in [0.3, 0.4) is 0 Å². The molecule has 0 bridgehead atoms. The SMILES string of the molecule is CCCNC(C)c1ccc(Oc2ccc(Br)c(F)c2)cn1. The van der Waals surface area contributed by atoms with Gasteiger partial charge in [-0.05, 0) is 60.1 Å². The Morgan fingerprint density at radius 3 is 2.67 bits per heavy atom. The number of rotatable bonds is 6. The highest BCUT2D eigenvalue weighted by molar-refractivity contribution is 9.10. The number of benzene rings is 1. The van der Waals surface area contributed by atoms with Crippen molar-refractivity contribution >= 4 is 15.9 Å². The molecule has 1 unspecified atom stereocenters. The normalized spacial score (nSPS) is 12.2. The maximum Gasteiger partial charge on any atom is 0.145 e. The zero-order valence-electron chi connectivity index (χ0n) is 12.1. The van der Waals surface area contributed by atoms with Gasteiger partial charge < -0.3 is 10.1 Å². The van der Waals surface area contributed by atoms with E-state index in [1.54, 1.807) is 18.3 Å². The number of aromatic nitrogens is 1. The van der Waals surface area contributed by atoms with Crippen molar-refractivity contribution < 1.29 is 9.13 Å². The molecule has 0 aliphatic carbocycles. The minimum absolute atomic E-state index is 0.198. The predicted octanol–water partition coefficient (Wildman–Crippen LogP) is 4.84. The molecule has 2 aromatic rings. The second-order valence-corrected chi connectivity index (χ2v) is 5.63. The van der Waals surface area contributed by atoms with Crippen molar-refractivity contribution in [1.82, 2.24) is 10.3 Å². The lowest BCUT2D eigenvalue weighted by Crippen LogP contribution is -2.20. The first-order chi connectivity index (χ1) is 10.1. The van der Waals surface area contributed by atoms with Crippen LogP contribution in [0, 0.1) is 5.82 Å². The average molecular weight is 353 g/mol. The Labute approximate surface area is 132 Å². The minimum atomic E-state index is -0.352. The van der Waals surface area contributed by atoms with Crippen molar-refractivity contribution in [3.05, 3.63) is 52.5 Å². The summed E-state index contributed by atoms with van der Waals surface area (Å²) in [5, 5.41) is 3.37. The lowest BCUT2D eigenvalue weighted by atomic mass is 10.2. The molecule has 0 radical (unpaired) electrons. The fourth-order valence-corrected chi connectivity index (χ4v) is 2.10. The number of nitrogens with zero attached hydrogens (tertiary/aromatic N) is 1. The van der Waals surface area contributed by atoms with E-state index in [0.717, 1.165) is 18.7 Å². The second-order valence-electron chi connectivity index (χ2n) is 4.77. The summed E-state index contributed by atoms with van der Waals surface area (Å²) >= 11 is 3.11. The minimum Gasteiger partial charge on any atom is -0.456 e. The molecule has 2 rings (SSSR count). The van der Waals surface area contributed by atoms with Gasteiger partial charge in [0, 0.05) is 12.1 Å². The maximum absolute atomic E-state index is 13.4. The fraction of sp³-hybridized carbons (Fsp3) is 0.312. The highest BCUT2D eigenvalue weighted by atomic mass is 79.9. The van der Waals surface area contributed by atoms with E-state index in [1.807, 2.05) is 12.1 Å². The summed E-state index contributed by atoms with van der Waals surface area (Å²) in [6, 6.07) is 8.60. The number of ether oxygens (including phenoxy) is 1. The highest BCUT2D eigenvalue weighted by Gasteiger charge is 2.07. The van der Waals surface area contributed by atoms with Crippen molar-refractivity contribution in [3.8, 4) is 11.5 Å². The van der Waals surface area contributed by atoms with Crippen molar-refractivity contribution in [3.63, 3.8) is 0 Å². The van der Waals surface area contributed by atoms with E-state index in [4.69, 9.17) is 4.74 Å². The quantitative estimate of drug-likeness (QED) is 0.807. The number of hydrogen-bond acceptors (Lipinski definition) is 3. The van der Waals surface area contributed by atoms with E-state index >= 15 is 0 Å². The van der Waals surface area contributed by atoms with E-state index in [9.17, 15) is 4.39 Å². The van der Waals surface area contributed by atoms with Crippen molar-refractivity contribution in [2.45, 2.75) is 26.3 Å². The predicted molar refractivity (Wildman–Crippen MR) is 85.1 cm³/mol. The van der Waals surface area contributed by atoms with Gasteiger partial charge >= 0.3 is 0 Å². The zero-order chi connectivity index (χ0) is 15.2. The van der Waals surface area contributed by atoms with E-state index in [0.29, 0.717) is 16.0 Å². The molecule has 3 nitrogen and oxygen atoms in total. The molecule has 0 aliphatic heterocycles. The van der Waals surface area contributed by atoms with Crippen LogP contribution in [0.25, 0.3) is 0 Å². The van der Waals surface area contributed by atoms with Crippen LogP contribution >= 0.6 is 15.9 Å². The summed E-state index contributed by atoms with van der Waals surface area (Å²) in [6.45, 7) is 5.16. The summed E-state index contributed by atoms with van der Waals surface area (Å²) in [4.78, 5) is 4.38. The van der Waals surface area contributed by atoms with Crippen LogP contribution in [0.1, 0.15) is 32.0 Å². The summed E-state index contributed by atoms with van der Waals surface area (Å²) in [6.07, 6.45) is 2.74. The van der Waals surface area contributed by atoms with Crippen molar-refractivity contribution in [2.24, 2.45) is 0 Å². The molecule has 0 spiro atoms. The fourth-order valence-electron chi connectivity index (χ4n) is 1.85. The Morgan fingerprint density at radius 2 is 2.05 bits per heavy atom. The molecule has 1 atom stereocenters. The Hall–Kier alpha value is -1.46. The van der Waals surface area contributed by atoms with Crippen LogP contribution in [0.2, 0.25) is 0 Å². The lowest BCUT2D eigenvalue weighted by molar-refractivity contribution is 0.472. The first kappa shape index (κ1) is 15.9. The van der Waals surface area contributed by atoms with Gasteiger partial charge in [-0.2, -0.15) is 0 Å². The smallest absolute Gasteiger partial charge is 0.145 e. The third-order valence-electron chi connectivity index (χ3n) is 3.03. The van der Waals surface area contributed by atoms with Gasteiger partial charge in [0.25, 0.3) is 0 Å². The number of pyridine rings is 1. The summed E-state index contributed by atoms with van der Waals surface area (Å²) in [5.74, 6) is 0.681. The molecule has 0 amide bonds. The molecule has 0 fully saturated rings. The molecule has 0 saturated heterocycles. The van der Waals surface area contributed by atoms with Crippen LogP contribution in [-0.2, 0) is 0 Å². The second kappa shape index (κ2) is 7.52. The van der Waals surface area contributed by atoms with Gasteiger partial charge in [-0.25, -0.2) is 4.39 Å². The molecule has 1 N–H and O–H groups in total. The molecule has 1 aromatic heterocycles. The molecule has 112 valence electrons. The Balaban J connectivity index is 2.03. The maximum atomic E-state index is 13.4. The van der Waals surface area contributed by atoms with Crippen LogP contribution in [0.15, 0.2) is 41.0 Å². The number of hydrogen-bond donors (Lipinski definition) is 1. The lowest BCUT2D eigenvalue weighted by Gasteiger charge is -2.13. The topological polar surface area (TPSA) is 34.1 Å². The largest absolute Gasteiger partial charge is 0.456 e. The third-order valence-corrected chi connectivity index (χ3v) is 3.67. The summed E-state index contributed by atoms with van der Waals surface area (Å²) < 4.78 is 19.4. The number of nitrogens with one attached hydrogen (secondary N) is 1. The van der Waals surface area contributed by atoms with E-state index < -0.39 is 0 Å². The molecule has 21 heavy (non-hydrogen) atoms. The van der Waals surface area contributed by atoms with Gasteiger partial charge in [-0.1, -0.05) is 6.92 Å². The van der Waals surface area contributed by atoms with Gasteiger partial charge in [0.2, 0.25) is 0 Å². The van der Waals surface area contributed by atoms with Gasteiger partial charge in [-0.15, -0.1) is 0 Å². The van der Waals surface area contributed by atoms with Gasteiger partial charge in [0.05, 0.1) is 16.4 Å². The standard InChI is InChI=1S/C16H18BrFN2O/c1-3-8-19-11(2)16-7-5-13(10-20-16)21-12-4-6-14(17)15(18)9-12/h4-7,9-11,19H,3,8H2,1-2H3. The molecule has 0 aliphatic rings. The van der Waals surface area contributed by atoms with E-state index in [-0.39, 0.29) is 11.9 Å². The van der Waals surface area contributed by atoms with E-state index in [1.165, 1.54) is 6.07 Å². The van der Waals surface area contributed by atoms with Crippen LogP contribution in [-0.4, -0.2) is 11.5 Å².